The zero-order valence-corrected chi connectivity index (χ0v) is 54.2. The largest absolute Gasteiger partial charge is 0.462 e. The summed E-state index contributed by atoms with van der Waals surface area (Å²) in [4.78, 5) is 38.4. The molecule has 6 nitrogen and oxygen atoms in total. The van der Waals surface area contributed by atoms with Crippen LogP contribution in [0.1, 0.15) is 348 Å². The van der Waals surface area contributed by atoms with E-state index in [-0.39, 0.29) is 31.1 Å². The molecule has 0 bridgehead atoms. The maximum Gasteiger partial charge on any atom is 0.306 e. The molecular formula is C76H132O6. The lowest BCUT2D eigenvalue weighted by Gasteiger charge is -2.18. The minimum absolute atomic E-state index is 0.0893. The first-order valence-electron chi connectivity index (χ1n) is 35.2. The first-order chi connectivity index (χ1) is 40.5. The predicted molar refractivity (Wildman–Crippen MR) is 357 cm³/mol. The first kappa shape index (κ1) is 78.3. The second kappa shape index (κ2) is 69.8. The zero-order chi connectivity index (χ0) is 59.2. The normalized spacial score (nSPS) is 12.7. The van der Waals surface area contributed by atoms with Crippen LogP contribution >= 0.6 is 0 Å². The smallest absolute Gasteiger partial charge is 0.306 e. The van der Waals surface area contributed by atoms with E-state index in [1.807, 2.05) is 0 Å². The van der Waals surface area contributed by atoms with E-state index in [0.29, 0.717) is 19.3 Å². The maximum atomic E-state index is 12.9. The number of rotatable bonds is 64. The van der Waals surface area contributed by atoms with Crippen LogP contribution < -0.4 is 0 Å². The molecule has 0 aromatic carbocycles. The van der Waals surface area contributed by atoms with Crippen molar-refractivity contribution in [1.82, 2.24) is 0 Å². The molecule has 0 saturated carbocycles. The highest BCUT2D eigenvalue weighted by atomic mass is 16.6. The molecule has 6 heteroatoms. The van der Waals surface area contributed by atoms with Crippen LogP contribution in [0.25, 0.3) is 0 Å². The quantitative estimate of drug-likeness (QED) is 0.0261. The molecule has 0 aliphatic rings. The van der Waals surface area contributed by atoms with E-state index in [1.165, 1.54) is 173 Å². The molecule has 0 amide bonds. The molecule has 0 spiro atoms. The van der Waals surface area contributed by atoms with Crippen LogP contribution in [0.5, 0.6) is 0 Å². The van der Waals surface area contributed by atoms with Crippen LogP contribution in [0.15, 0.2) is 97.2 Å². The zero-order valence-electron chi connectivity index (χ0n) is 54.2. The summed E-state index contributed by atoms with van der Waals surface area (Å²) in [6.45, 7) is 6.43. The Kier molecular flexibility index (Phi) is 66.7. The van der Waals surface area contributed by atoms with Gasteiger partial charge < -0.3 is 14.2 Å². The summed E-state index contributed by atoms with van der Waals surface area (Å²) >= 11 is 0. The Morgan fingerprint density at radius 3 is 0.744 bits per heavy atom. The monoisotopic (exact) mass is 1140 g/mol. The third kappa shape index (κ3) is 67.1. The highest BCUT2D eigenvalue weighted by molar-refractivity contribution is 5.71. The molecule has 472 valence electrons. The van der Waals surface area contributed by atoms with Crippen molar-refractivity contribution in [3.05, 3.63) is 97.2 Å². The highest BCUT2D eigenvalue weighted by Crippen LogP contribution is 2.18. The van der Waals surface area contributed by atoms with E-state index in [2.05, 4.69) is 118 Å². The summed E-state index contributed by atoms with van der Waals surface area (Å²) in [6, 6.07) is 0. The molecule has 0 radical (unpaired) electrons. The third-order valence-corrected chi connectivity index (χ3v) is 15.3. The molecule has 0 aromatic rings. The number of hydrogen-bond donors (Lipinski definition) is 0. The molecule has 0 N–H and O–H groups in total. The lowest BCUT2D eigenvalue weighted by atomic mass is 10.0. The SMILES string of the molecule is CC/C=C\C/C=C\C/C=C\C/C=C\CCCCCCCCC(=O)OC(COC(=O)CCCCCC/C=C\C/C=C\C/C=C\C/C=C\CC)COC(=O)CCCCCCCCCCCCCCCCCCCCCCCCCCCCCC. The van der Waals surface area contributed by atoms with Crippen LogP contribution in [0, 0.1) is 0 Å². The second-order valence-electron chi connectivity index (χ2n) is 23.4. The third-order valence-electron chi connectivity index (χ3n) is 15.3. The van der Waals surface area contributed by atoms with Gasteiger partial charge in [0.1, 0.15) is 13.2 Å². The number of esters is 3. The van der Waals surface area contributed by atoms with E-state index in [4.69, 9.17) is 14.2 Å². The second-order valence-corrected chi connectivity index (χ2v) is 23.4. The van der Waals surface area contributed by atoms with Crippen molar-refractivity contribution in [2.24, 2.45) is 0 Å². The highest BCUT2D eigenvalue weighted by Gasteiger charge is 2.19. The molecule has 0 saturated heterocycles. The fourth-order valence-corrected chi connectivity index (χ4v) is 10.1. The summed E-state index contributed by atoms with van der Waals surface area (Å²) in [5.74, 6) is -0.913. The first-order valence-corrected chi connectivity index (χ1v) is 35.2. The van der Waals surface area contributed by atoms with Gasteiger partial charge in [0, 0.05) is 19.3 Å². The van der Waals surface area contributed by atoms with Gasteiger partial charge in [-0.05, 0) is 96.3 Å². The van der Waals surface area contributed by atoms with Gasteiger partial charge in [0.25, 0.3) is 0 Å². The van der Waals surface area contributed by atoms with Crippen molar-refractivity contribution in [2.75, 3.05) is 13.2 Å². The van der Waals surface area contributed by atoms with E-state index >= 15 is 0 Å². The number of allylic oxidation sites excluding steroid dienone is 16. The van der Waals surface area contributed by atoms with Gasteiger partial charge >= 0.3 is 17.9 Å². The molecule has 0 aliphatic heterocycles. The molecule has 82 heavy (non-hydrogen) atoms. The Morgan fingerprint density at radius 2 is 0.476 bits per heavy atom. The van der Waals surface area contributed by atoms with Gasteiger partial charge in [-0.1, -0.05) is 330 Å². The van der Waals surface area contributed by atoms with Gasteiger partial charge in [0.15, 0.2) is 6.10 Å². The number of unbranched alkanes of at least 4 members (excludes halogenated alkanes) is 37. The minimum atomic E-state index is -0.798. The standard InChI is InChI=1S/C76H132O6/c1-4-7-10-13-16-19-22-25-28-31-33-34-35-36-37-38-39-40-41-43-45-48-51-54-57-60-63-66-69-75(78)81-72-73(71-80-74(77)68-65-62-59-56-53-50-47-44-30-27-24-21-18-15-12-9-6-3)82-76(79)70-67-64-61-58-55-52-49-46-42-32-29-26-23-20-17-14-11-8-5-2/h8-9,11-12,17-18,20-21,26-27,29-30,42,46-47,50,73H,4-7,10,13-16,19,22-25,28,31-41,43-45,48-49,51-72H2,1-3H3/b11-8-,12-9-,20-17-,21-18-,29-26-,30-27-,46-42-,50-47-. The van der Waals surface area contributed by atoms with Gasteiger partial charge in [0.05, 0.1) is 0 Å². The molecule has 1 unspecified atom stereocenters. The van der Waals surface area contributed by atoms with Crippen molar-refractivity contribution >= 4 is 17.9 Å². The van der Waals surface area contributed by atoms with Crippen LogP contribution in [0.2, 0.25) is 0 Å². The lowest BCUT2D eigenvalue weighted by Crippen LogP contribution is -2.30. The molecular weight excluding hydrogens is 1010 g/mol. The number of carbonyl (C=O) groups is 3. The van der Waals surface area contributed by atoms with E-state index < -0.39 is 6.10 Å². The summed E-state index contributed by atoms with van der Waals surface area (Å²) in [7, 11) is 0. The van der Waals surface area contributed by atoms with Crippen LogP contribution in [-0.2, 0) is 28.6 Å². The van der Waals surface area contributed by atoms with Crippen LogP contribution in [0.3, 0.4) is 0 Å². The van der Waals surface area contributed by atoms with Gasteiger partial charge in [0.2, 0.25) is 0 Å². The predicted octanol–water partition coefficient (Wildman–Crippen LogP) is 24.4. The van der Waals surface area contributed by atoms with Gasteiger partial charge in [-0.3, -0.25) is 14.4 Å². The Morgan fingerprint density at radius 1 is 0.256 bits per heavy atom. The summed E-state index contributed by atoms with van der Waals surface area (Å²) in [6.07, 6.45) is 94.4. The van der Waals surface area contributed by atoms with Gasteiger partial charge in [-0.25, -0.2) is 0 Å². The lowest BCUT2D eigenvalue weighted by molar-refractivity contribution is -0.167. The summed E-state index contributed by atoms with van der Waals surface area (Å²) in [5, 5.41) is 0. The number of hydrogen-bond acceptors (Lipinski definition) is 6. The minimum Gasteiger partial charge on any atom is -0.462 e. The van der Waals surface area contributed by atoms with Crippen molar-refractivity contribution in [3.8, 4) is 0 Å². The fourth-order valence-electron chi connectivity index (χ4n) is 10.1. The van der Waals surface area contributed by atoms with E-state index in [9.17, 15) is 14.4 Å². The van der Waals surface area contributed by atoms with Gasteiger partial charge in [-0.2, -0.15) is 0 Å². The number of carbonyl (C=O) groups excluding carboxylic acids is 3. The average Bonchev–Trinajstić information content (AvgIpc) is 3.47. The maximum absolute atomic E-state index is 12.9. The van der Waals surface area contributed by atoms with Crippen LogP contribution in [-0.4, -0.2) is 37.2 Å². The Hall–Kier alpha value is -3.67. The topological polar surface area (TPSA) is 78.9 Å². The Labute approximate surface area is 508 Å². The molecule has 1 atom stereocenters. The molecule has 0 rings (SSSR count). The average molecular weight is 1140 g/mol. The van der Waals surface area contributed by atoms with Crippen molar-refractivity contribution in [1.29, 1.82) is 0 Å². The molecule has 0 heterocycles. The molecule has 0 aromatic heterocycles. The van der Waals surface area contributed by atoms with Crippen molar-refractivity contribution in [3.63, 3.8) is 0 Å². The van der Waals surface area contributed by atoms with Crippen molar-refractivity contribution < 1.29 is 28.6 Å². The van der Waals surface area contributed by atoms with Crippen molar-refractivity contribution in [2.45, 2.75) is 354 Å². The molecule has 0 fully saturated rings. The van der Waals surface area contributed by atoms with E-state index in [0.717, 1.165) is 135 Å². The van der Waals surface area contributed by atoms with Gasteiger partial charge in [-0.15, -0.1) is 0 Å². The summed E-state index contributed by atoms with van der Waals surface area (Å²) < 4.78 is 17.0. The summed E-state index contributed by atoms with van der Waals surface area (Å²) in [5.41, 5.74) is 0. The Balaban J connectivity index is 4.31. The van der Waals surface area contributed by atoms with Crippen LogP contribution in [0.4, 0.5) is 0 Å². The number of ether oxygens (including phenoxy) is 3. The Bertz CT molecular complexity index is 1590. The fraction of sp³-hybridized carbons (Fsp3) is 0.750. The van der Waals surface area contributed by atoms with E-state index in [1.54, 1.807) is 0 Å². The molecule has 0 aliphatic carbocycles.